The van der Waals surface area contributed by atoms with Gasteiger partial charge in [-0.3, -0.25) is 4.57 Å². The van der Waals surface area contributed by atoms with Gasteiger partial charge in [0, 0.05) is 12.1 Å². The smallest absolute Gasteiger partial charge is 0.351 e. The van der Waals surface area contributed by atoms with Crippen LogP contribution in [0.5, 0.6) is 11.5 Å². The number of thiophene rings is 1. The lowest BCUT2D eigenvalue weighted by atomic mass is 10.3. The van der Waals surface area contributed by atoms with Crippen molar-refractivity contribution in [3.8, 4) is 16.5 Å². The third-order valence-corrected chi connectivity index (χ3v) is 3.94. The first-order valence-electron chi connectivity index (χ1n) is 5.67. The highest BCUT2D eigenvalue weighted by molar-refractivity contribution is 7.16. The largest absolute Gasteiger partial charge is 0.508 e. The molecule has 0 radical (unpaired) electrons. The second kappa shape index (κ2) is 4.53. The minimum absolute atomic E-state index is 0.127. The summed E-state index contributed by atoms with van der Waals surface area (Å²) < 4.78 is 6.33. The molecule has 6 nitrogen and oxygen atoms in total. The zero-order valence-corrected chi connectivity index (χ0v) is 11.2. The molecule has 7 heteroatoms. The summed E-state index contributed by atoms with van der Waals surface area (Å²) in [5, 5.41) is 19.8. The zero-order chi connectivity index (χ0) is 14.3. The molecular formula is C13H10N2O4S. The molecule has 0 atom stereocenters. The van der Waals surface area contributed by atoms with Crippen molar-refractivity contribution in [3.05, 3.63) is 35.5 Å². The lowest BCUT2D eigenvalue weighted by Crippen LogP contribution is -1.97. The number of methoxy groups -OCH3 is 1. The number of benzene rings is 1. The number of carbonyl (C=O) groups is 1. The van der Waals surface area contributed by atoms with Gasteiger partial charge in [0.05, 0.1) is 18.1 Å². The van der Waals surface area contributed by atoms with E-state index in [4.69, 9.17) is 0 Å². The van der Waals surface area contributed by atoms with Gasteiger partial charge in [-0.15, -0.1) is 11.3 Å². The number of hydrogen-bond donors (Lipinski definition) is 2. The fourth-order valence-corrected chi connectivity index (χ4v) is 2.86. The van der Waals surface area contributed by atoms with E-state index < -0.39 is 5.97 Å². The summed E-state index contributed by atoms with van der Waals surface area (Å²) in [6, 6.07) is 6.28. The Morgan fingerprint density at radius 1 is 1.35 bits per heavy atom. The maximum Gasteiger partial charge on any atom is 0.351 e. The molecule has 0 saturated carbocycles. The Morgan fingerprint density at radius 3 is 2.90 bits per heavy atom. The van der Waals surface area contributed by atoms with Crippen LogP contribution in [-0.4, -0.2) is 32.8 Å². The average molecular weight is 290 g/mol. The monoisotopic (exact) mass is 290 g/mol. The standard InChI is InChI=1S/C13H10N2O4S/c1-19-13(18)12-10(17)5-11(20-12)15-6-14-8-4-7(16)2-3-9(8)15/h2-6,16-17H,1H3. The summed E-state index contributed by atoms with van der Waals surface area (Å²) in [4.78, 5) is 15.8. The first-order chi connectivity index (χ1) is 9.60. The van der Waals surface area contributed by atoms with Gasteiger partial charge >= 0.3 is 5.97 Å². The topological polar surface area (TPSA) is 84.6 Å². The van der Waals surface area contributed by atoms with Crippen LogP contribution in [0.25, 0.3) is 16.0 Å². The van der Waals surface area contributed by atoms with Gasteiger partial charge in [-0.25, -0.2) is 9.78 Å². The van der Waals surface area contributed by atoms with E-state index in [1.807, 2.05) is 0 Å². The highest BCUT2D eigenvalue weighted by Crippen LogP contribution is 2.33. The molecule has 0 spiro atoms. The van der Waals surface area contributed by atoms with E-state index in [9.17, 15) is 15.0 Å². The van der Waals surface area contributed by atoms with Crippen LogP contribution >= 0.6 is 11.3 Å². The third kappa shape index (κ3) is 1.88. The zero-order valence-electron chi connectivity index (χ0n) is 10.4. The number of aromatic hydroxyl groups is 2. The molecule has 20 heavy (non-hydrogen) atoms. The van der Waals surface area contributed by atoms with Crippen LogP contribution in [0.15, 0.2) is 30.6 Å². The van der Waals surface area contributed by atoms with E-state index in [0.29, 0.717) is 10.5 Å². The molecule has 0 aliphatic rings. The minimum atomic E-state index is -0.583. The van der Waals surface area contributed by atoms with Gasteiger partial charge in [-0.05, 0) is 12.1 Å². The highest BCUT2D eigenvalue weighted by atomic mass is 32.1. The minimum Gasteiger partial charge on any atom is -0.508 e. The third-order valence-electron chi connectivity index (χ3n) is 2.84. The van der Waals surface area contributed by atoms with Gasteiger partial charge in [0.1, 0.15) is 22.8 Å². The second-order valence-corrected chi connectivity index (χ2v) is 5.11. The number of phenols is 1. The molecule has 0 unspecified atom stereocenters. The van der Waals surface area contributed by atoms with Crippen molar-refractivity contribution in [2.24, 2.45) is 0 Å². The molecule has 0 saturated heterocycles. The maximum atomic E-state index is 11.5. The fourth-order valence-electron chi connectivity index (χ4n) is 1.90. The van der Waals surface area contributed by atoms with Crippen molar-refractivity contribution in [1.29, 1.82) is 0 Å². The molecular weight excluding hydrogens is 280 g/mol. The van der Waals surface area contributed by atoms with E-state index in [1.165, 1.54) is 13.2 Å². The lowest BCUT2D eigenvalue weighted by Gasteiger charge is -1.99. The predicted octanol–water partition coefficient (Wildman–Crippen LogP) is 2.28. The number of aromatic nitrogens is 2. The number of carbonyl (C=O) groups excluding carboxylic acids is 1. The van der Waals surface area contributed by atoms with Crippen LogP contribution in [0.3, 0.4) is 0 Å². The Morgan fingerprint density at radius 2 is 2.15 bits per heavy atom. The van der Waals surface area contributed by atoms with Crippen LogP contribution in [0, 0.1) is 0 Å². The summed E-state index contributed by atoms with van der Waals surface area (Å²) in [5.74, 6) is -0.578. The molecule has 0 amide bonds. The number of rotatable bonds is 2. The number of ether oxygens (including phenoxy) is 1. The molecule has 0 bridgehead atoms. The second-order valence-electron chi connectivity index (χ2n) is 4.08. The molecule has 2 heterocycles. The first kappa shape index (κ1) is 12.5. The number of phenolic OH excluding ortho intramolecular Hbond substituents is 1. The highest BCUT2D eigenvalue weighted by Gasteiger charge is 2.18. The molecule has 0 aliphatic heterocycles. The number of imidazole rings is 1. The van der Waals surface area contributed by atoms with E-state index in [2.05, 4.69) is 9.72 Å². The first-order valence-corrected chi connectivity index (χ1v) is 6.49. The molecule has 2 N–H and O–H groups in total. The Kier molecular flexibility index (Phi) is 2.83. The van der Waals surface area contributed by atoms with Crippen molar-refractivity contribution in [3.63, 3.8) is 0 Å². The van der Waals surface area contributed by atoms with Crippen LogP contribution < -0.4 is 0 Å². The van der Waals surface area contributed by atoms with Crippen LogP contribution in [0.2, 0.25) is 0 Å². The number of hydrogen-bond acceptors (Lipinski definition) is 6. The number of nitrogens with zero attached hydrogens (tertiary/aromatic N) is 2. The quantitative estimate of drug-likeness (QED) is 0.707. The summed E-state index contributed by atoms with van der Waals surface area (Å²) in [7, 11) is 1.26. The van der Waals surface area contributed by atoms with Crippen LogP contribution in [0.4, 0.5) is 0 Å². The fraction of sp³-hybridized carbons (Fsp3) is 0.0769. The van der Waals surface area contributed by atoms with Crippen molar-refractivity contribution >= 4 is 28.3 Å². The molecule has 0 fully saturated rings. The van der Waals surface area contributed by atoms with Crippen LogP contribution in [0.1, 0.15) is 9.67 Å². The van der Waals surface area contributed by atoms with Gasteiger partial charge < -0.3 is 14.9 Å². The number of esters is 1. The molecule has 2 aromatic heterocycles. The number of fused-ring (bicyclic) bond motifs is 1. The van der Waals surface area contributed by atoms with E-state index in [1.54, 1.807) is 29.1 Å². The van der Waals surface area contributed by atoms with Crippen molar-refractivity contribution in [2.45, 2.75) is 0 Å². The summed E-state index contributed by atoms with van der Waals surface area (Å²) in [6.07, 6.45) is 1.57. The van der Waals surface area contributed by atoms with E-state index in [-0.39, 0.29) is 16.4 Å². The van der Waals surface area contributed by atoms with E-state index in [0.717, 1.165) is 16.9 Å². The molecule has 1 aromatic carbocycles. The van der Waals surface area contributed by atoms with Crippen molar-refractivity contribution in [2.75, 3.05) is 7.11 Å². The Hall–Kier alpha value is -2.54. The maximum absolute atomic E-state index is 11.5. The van der Waals surface area contributed by atoms with Gasteiger partial charge in [0.15, 0.2) is 4.88 Å². The van der Waals surface area contributed by atoms with Gasteiger partial charge in [-0.1, -0.05) is 0 Å². The molecule has 102 valence electrons. The lowest BCUT2D eigenvalue weighted by molar-refractivity contribution is 0.0603. The van der Waals surface area contributed by atoms with Crippen molar-refractivity contribution in [1.82, 2.24) is 9.55 Å². The van der Waals surface area contributed by atoms with Gasteiger partial charge in [-0.2, -0.15) is 0 Å². The Labute approximate surface area is 117 Å². The van der Waals surface area contributed by atoms with Gasteiger partial charge in [0.2, 0.25) is 0 Å². The summed E-state index contributed by atoms with van der Waals surface area (Å²) >= 11 is 1.10. The molecule has 0 aliphatic carbocycles. The summed E-state index contributed by atoms with van der Waals surface area (Å²) in [6.45, 7) is 0. The predicted molar refractivity (Wildman–Crippen MR) is 73.6 cm³/mol. The Bertz CT molecular complexity index is 806. The normalized spacial score (nSPS) is 10.8. The molecule has 3 rings (SSSR count). The Balaban J connectivity index is 2.14. The SMILES string of the molecule is COC(=O)c1sc(-n2cnc3cc(O)ccc32)cc1O. The summed E-state index contributed by atoms with van der Waals surface area (Å²) in [5.41, 5.74) is 1.39. The van der Waals surface area contributed by atoms with Gasteiger partial charge in [0.25, 0.3) is 0 Å². The van der Waals surface area contributed by atoms with E-state index >= 15 is 0 Å². The van der Waals surface area contributed by atoms with Crippen molar-refractivity contribution < 1.29 is 19.7 Å². The average Bonchev–Trinajstić information content (AvgIpc) is 3.00. The molecule has 3 aromatic rings. The van der Waals surface area contributed by atoms with Crippen LogP contribution in [-0.2, 0) is 4.74 Å².